The van der Waals surface area contributed by atoms with Gasteiger partial charge in [0.1, 0.15) is 5.75 Å². The smallest absolute Gasteiger partial charge is 0.138 e. The molecular formula is C13H17BrClNO2. The fraction of sp³-hybridized carbons (Fsp3) is 0.538. The van der Waals surface area contributed by atoms with E-state index in [1.165, 1.54) is 0 Å². The van der Waals surface area contributed by atoms with Crippen LogP contribution in [0.15, 0.2) is 16.6 Å². The minimum Gasteiger partial charge on any atom is -0.495 e. The SMILES string of the molecule is COc1c(Br)cc(Cl)cc1C(N)C1CCCCO1. The quantitative estimate of drug-likeness (QED) is 0.917. The fourth-order valence-corrected chi connectivity index (χ4v) is 3.29. The first-order valence-corrected chi connectivity index (χ1v) is 7.20. The van der Waals surface area contributed by atoms with Crippen LogP contribution in [0.2, 0.25) is 5.02 Å². The molecule has 5 heteroatoms. The molecule has 1 aromatic rings. The first-order chi connectivity index (χ1) is 8.63. The third-order valence-electron chi connectivity index (χ3n) is 3.22. The highest BCUT2D eigenvalue weighted by atomic mass is 79.9. The van der Waals surface area contributed by atoms with Gasteiger partial charge in [0.25, 0.3) is 0 Å². The summed E-state index contributed by atoms with van der Waals surface area (Å²) in [6.45, 7) is 0.780. The molecule has 1 aliphatic heterocycles. The summed E-state index contributed by atoms with van der Waals surface area (Å²) in [5.74, 6) is 0.737. The zero-order valence-corrected chi connectivity index (χ0v) is 12.6. The van der Waals surface area contributed by atoms with Gasteiger partial charge in [0.2, 0.25) is 0 Å². The largest absolute Gasteiger partial charge is 0.495 e. The molecule has 1 fully saturated rings. The molecule has 2 unspecified atom stereocenters. The van der Waals surface area contributed by atoms with Gasteiger partial charge in [-0.05, 0) is 47.3 Å². The molecular weight excluding hydrogens is 318 g/mol. The Hall–Kier alpha value is -0.290. The molecule has 2 atom stereocenters. The Labute approximate surface area is 121 Å². The molecule has 0 aliphatic carbocycles. The Morgan fingerprint density at radius 3 is 2.89 bits per heavy atom. The fourth-order valence-electron chi connectivity index (χ4n) is 2.29. The standard InChI is InChI=1S/C13H17BrClNO2/c1-17-13-9(6-8(15)7-10(13)14)12(16)11-4-2-3-5-18-11/h6-7,11-12H,2-5,16H2,1H3. The van der Waals surface area contributed by atoms with Crippen LogP contribution in [-0.2, 0) is 4.74 Å². The van der Waals surface area contributed by atoms with Crippen LogP contribution >= 0.6 is 27.5 Å². The molecule has 0 spiro atoms. The number of benzene rings is 1. The summed E-state index contributed by atoms with van der Waals surface area (Å²) in [4.78, 5) is 0. The molecule has 2 rings (SSSR count). The topological polar surface area (TPSA) is 44.5 Å². The van der Waals surface area contributed by atoms with Crippen LogP contribution in [0.4, 0.5) is 0 Å². The zero-order valence-electron chi connectivity index (χ0n) is 10.3. The van der Waals surface area contributed by atoms with Crippen molar-refractivity contribution in [3.05, 3.63) is 27.2 Å². The molecule has 100 valence electrons. The van der Waals surface area contributed by atoms with E-state index in [0.29, 0.717) is 5.02 Å². The summed E-state index contributed by atoms with van der Waals surface area (Å²) in [5, 5.41) is 0.643. The third-order valence-corrected chi connectivity index (χ3v) is 4.02. The number of rotatable bonds is 3. The summed E-state index contributed by atoms with van der Waals surface area (Å²) in [7, 11) is 1.63. The molecule has 0 amide bonds. The van der Waals surface area contributed by atoms with E-state index in [-0.39, 0.29) is 12.1 Å². The maximum atomic E-state index is 6.30. The highest BCUT2D eigenvalue weighted by Gasteiger charge is 2.26. The van der Waals surface area contributed by atoms with Crippen LogP contribution in [0.3, 0.4) is 0 Å². The van der Waals surface area contributed by atoms with Crippen LogP contribution < -0.4 is 10.5 Å². The third kappa shape index (κ3) is 2.99. The van der Waals surface area contributed by atoms with E-state index in [9.17, 15) is 0 Å². The molecule has 0 radical (unpaired) electrons. The number of hydrogen-bond donors (Lipinski definition) is 1. The summed E-state index contributed by atoms with van der Waals surface area (Å²) in [6, 6.07) is 3.45. The van der Waals surface area contributed by atoms with Gasteiger partial charge in [0, 0.05) is 17.2 Å². The maximum absolute atomic E-state index is 6.30. The van der Waals surface area contributed by atoms with Gasteiger partial charge in [-0.2, -0.15) is 0 Å². The van der Waals surface area contributed by atoms with Crippen molar-refractivity contribution in [1.82, 2.24) is 0 Å². The Balaban J connectivity index is 2.30. The Morgan fingerprint density at radius 2 is 2.28 bits per heavy atom. The van der Waals surface area contributed by atoms with Crippen molar-refractivity contribution in [1.29, 1.82) is 0 Å². The van der Waals surface area contributed by atoms with E-state index >= 15 is 0 Å². The molecule has 2 N–H and O–H groups in total. The number of halogens is 2. The van der Waals surface area contributed by atoms with Gasteiger partial charge >= 0.3 is 0 Å². The summed E-state index contributed by atoms with van der Waals surface area (Å²) < 4.78 is 12.0. The highest BCUT2D eigenvalue weighted by Crippen LogP contribution is 2.38. The van der Waals surface area contributed by atoms with Crippen LogP contribution in [-0.4, -0.2) is 19.8 Å². The lowest BCUT2D eigenvalue weighted by Gasteiger charge is -2.29. The lowest BCUT2D eigenvalue weighted by Crippen LogP contribution is -2.32. The van der Waals surface area contributed by atoms with E-state index in [1.807, 2.05) is 6.07 Å². The van der Waals surface area contributed by atoms with Gasteiger partial charge in [-0.3, -0.25) is 0 Å². The molecule has 1 saturated heterocycles. The molecule has 1 aliphatic rings. The lowest BCUT2D eigenvalue weighted by atomic mass is 9.96. The first kappa shape index (κ1) is 14.1. The van der Waals surface area contributed by atoms with Gasteiger partial charge < -0.3 is 15.2 Å². The number of ether oxygens (including phenoxy) is 2. The second-order valence-corrected chi connectivity index (χ2v) is 5.73. The normalized spacial score (nSPS) is 21.7. The average Bonchev–Trinajstić information content (AvgIpc) is 2.38. The van der Waals surface area contributed by atoms with Crippen molar-refractivity contribution in [3.63, 3.8) is 0 Å². The maximum Gasteiger partial charge on any atom is 0.138 e. The summed E-state index contributed by atoms with van der Waals surface area (Å²) in [5.41, 5.74) is 7.19. The first-order valence-electron chi connectivity index (χ1n) is 6.03. The van der Waals surface area contributed by atoms with E-state index in [2.05, 4.69) is 15.9 Å². The van der Waals surface area contributed by atoms with Crippen LogP contribution in [0.25, 0.3) is 0 Å². The molecule has 0 aromatic heterocycles. The highest BCUT2D eigenvalue weighted by molar-refractivity contribution is 9.10. The Kier molecular flexibility index (Phi) is 4.90. The zero-order chi connectivity index (χ0) is 13.1. The minimum absolute atomic E-state index is 0.0398. The minimum atomic E-state index is -0.213. The van der Waals surface area contributed by atoms with Crippen molar-refractivity contribution < 1.29 is 9.47 Å². The van der Waals surface area contributed by atoms with Crippen LogP contribution in [0.1, 0.15) is 30.9 Å². The van der Waals surface area contributed by atoms with Gasteiger partial charge in [-0.1, -0.05) is 11.6 Å². The van der Waals surface area contributed by atoms with Crippen molar-refractivity contribution >= 4 is 27.5 Å². The van der Waals surface area contributed by atoms with Gasteiger partial charge in [0.05, 0.1) is 23.7 Å². The van der Waals surface area contributed by atoms with Crippen LogP contribution in [0.5, 0.6) is 5.75 Å². The van der Waals surface area contributed by atoms with Crippen LogP contribution in [0, 0.1) is 0 Å². The molecule has 18 heavy (non-hydrogen) atoms. The molecule has 1 aromatic carbocycles. The van der Waals surface area contributed by atoms with Crippen molar-refractivity contribution in [2.45, 2.75) is 31.4 Å². The van der Waals surface area contributed by atoms with E-state index in [4.69, 9.17) is 26.8 Å². The van der Waals surface area contributed by atoms with Gasteiger partial charge in [-0.15, -0.1) is 0 Å². The second kappa shape index (κ2) is 6.24. The van der Waals surface area contributed by atoms with Gasteiger partial charge in [0.15, 0.2) is 0 Å². The van der Waals surface area contributed by atoms with Crippen molar-refractivity contribution in [2.75, 3.05) is 13.7 Å². The van der Waals surface area contributed by atoms with Crippen molar-refractivity contribution in [3.8, 4) is 5.75 Å². The monoisotopic (exact) mass is 333 g/mol. The van der Waals surface area contributed by atoms with E-state index in [0.717, 1.165) is 41.7 Å². The molecule has 3 nitrogen and oxygen atoms in total. The molecule has 0 bridgehead atoms. The molecule has 0 saturated carbocycles. The predicted molar refractivity (Wildman–Crippen MR) is 76.2 cm³/mol. The average molecular weight is 335 g/mol. The second-order valence-electron chi connectivity index (χ2n) is 4.44. The van der Waals surface area contributed by atoms with E-state index < -0.39 is 0 Å². The molecule has 1 heterocycles. The lowest BCUT2D eigenvalue weighted by molar-refractivity contribution is -0.000399. The summed E-state index contributed by atoms with van der Waals surface area (Å²) >= 11 is 9.52. The number of hydrogen-bond acceptors (Lipinski definition) is 3. The Bertz CT molecular complexity index is 422. The number of nitrogens with two attached hydrogens (primary N) is 1. The number of methoxy groups -OCH3 is 1. The van der Waals surface area contributed by atoms with Crippen molar-refractivity contribution in [2.24, 2.45) is 5.73 Å². The predicted octanol–water partition coefficient (Wildman–Crippen LogP) is 3.68. The van der Waals surface area contributed by atoms with E-state index in [1.54, 1.807) is 13.2 Å². The summed E-state index contributed by atoms with van der Waals surface area (Å²) in [6.07, 6.45) is 3.29. The van der Waals surface area contributed by atoms with Gasteiger partial charge in [-0.25, -0.2) is 0 Å². The Morgan fingerprint density at radius 1 is 1.50 bits per heavy atom.